The summed E-state index contributed by atoms with van der Waals surface area (Å²) in [6, 6.07) is 14.4. The number of hydrogen-bond acceptors (Lipinski definition) is 3. The maximum Gasteiger partial charge on any atom is 0.251 e. The Kier molecular flexibility index (Phi) is 4.12. The van der Waals surface area contributed by atoms with Crippen LogP contribution in [0, 0.1) is 11.6 Å². The van der Waals surface area contributed by atoms with E-state index in [1.807, 2.05) is 12.1 Å². The first-order valence-electron chi connectivity index (χ1n) is 8.18. The molecule has 2 aromatic carbocycles. The van der Waals surface area contributed by atoms with E-state index in [0.717, 1.165) is 23.2 Å². The smallest absolute Gasteiger partial charge is 0.251 e. The summed E-state index contributed by atoms with van der Waals surface area (Å²) < 4.78 is 28.2. The second-order valence-corrected chi connectivity index (χ2v) is 5.96. The van der Waals surface area contributed by atoms with E-state index in [0.29, 0.717) is 22.5 Å². The number of carbonyl (C=O) groups is 1. The van der Waals surface area contributed by atoms with Gasteiger partial charge in [0.2, 0.25) is 0 Å². The van der Waals surface area contributed by atoms with Crippen LogP contribution >= 0.6 is 0 Å². The van der Waals surface area contributed by atoms with Crippen LogP contribution in [0.25, 0.3) is 28.0 Å². The van der Waals surface area contributed by atoms with Crippen LogP contribution in [0.3, 0.4) is 0 Å². The number of benzene rings is 2. The first-order valence-corrected chi connectivity index (χ1v) is 8.18. The third-order valence-corrected chi connectivity index (χ3v) is 4.22. The number of nitrogens with one attached hydrogen (secondary N) is 1. The minimum absolute atomic E-state index is 0.178. The van der Waals surface area contributed by atoms with Crippen molar-refractivity contribution in [3.05, 3.63) is 78.1 Å². The van der Waals surface area contributed by atoms with E-state index in [4.69, 9.17) is 0 Å². The second kappa shape index (κ2) is 6.60. The number of hydrogen-bond donors (Lipinski definition) is 1. The summed E-state index contributed by atoms with van der Waals surface area (Å²) >= 11 is 0. The summed E-state index contributed by atoms with van der Waals surface area (Å²) in [5, 5.41) is 6.94. The van der Waals surface area contributed by atoms with Gasteiger partial charge in [-0.3, -0.25) is 4.79 Å². The Morgan fingerprint density at radius 3 is 2.52 bits per heavy atom. The molecule has 0 spiro atoms. The van der Waals surface area contributed by atoms with E-state index in [9.17, 15) is 13.6 Å². The molecule has 0 aliphatic heterocycles. The summed E-state index contributed by atoms with van der Waals surface area (Å²) in [4.78, 5) is 16.2. The predicted molar refractivity (Wildman–Crippen MR) is 97.2 cm³/mol. The minimum Gasteiger partial charge on any atom is -0.355 e. The number of carbonyl (C=O) groups excluding carboxylic acids is 1. The molecule has 0 aliphatic rings. The highest BCUT2D eigenvalue weighted by Gasteiger charge is 2.11. The number of nitrogens with zero attached hydrogens (tertiary/aromatic N) is 3. The van der Waals surface area contributed by atoms with Crippen molar-refractivity contribution in [3.63, 3.8) is 0 Å². The molecule has 0 atom stereocenters. The quantitative estimate of drug-likeness (QED) is 0.603. The highest BCUT2D eigenvalue weighted by molar-refractivity contribution is 5.95. The lowest BCUT2D eigenvalue weighted by Gasteiger charge is -2.04. The summed E-state index contributed by atoms with van der Waals surface area (Å²) in [6.45, 7) is 0. The molecule has 1 amide bonds. The number of halogens is 2. The molecule has 0 unspecified atom stereocenters. The molecule has 0 bridgehead atoms. The van der Waals surface area contributed by atoms with E-state index in [2.05, 4.69) is 15.4 Å². The zero-order chi connectivity index (χ0) is 19.0. The van der Waals surface area contributed by atoms with Crippen molar-refractivity contribution in [2.45, 2.75) is 0 Å². The topological polar surface area (TPSA) is 59.3 Å². The molecule has 5 nitrogen and oxygen atoms in total. The van der Waals surface area contributed by atoms with Gasteiger partial charge >= 0.3 is 0 Å². The Bertz CT molecular complexity index is 1170. The van der Waals surface area contributed by atoms with Gasteiger partial charge in [-0.25, -0.2) is 18.3 Å². The fourth-order valence-electron chi connectivity index (χ4n) is 2.82. The fraction of sp³-hybridized carbons (Fsp3) is 0.0500. The van der Waals surface area contributed by atoms with Gasteiger partial charge in [-0.05, 0) is 42.5 Å². The lowest BCUT2D eigenvalue weighted by Crippen LogP contribution is -2.17. The summed E-state index contributed by atoms with van der Waals surface area (Å²) in [5.74, 6) is -2.00. The molecule has 4 aromatic rings. The molecule has 0 fully saturated rings. The normalized spacial score (nSPS) is 10.9. The van der Waals surface area contributed by atoms with Gasteiger partial charge in [0, 0.05) is 23.7 Å². The van der Waals surface area contributed by atoms with Crippen molar-refractivity contribution < 1.29 is 13.6 Å². The molecular formula is C20H14F2N4O. The SMILES string of the molecule is CNC(=O)c1cccc(-c2cc3cc(-c4ccc(F)c(F)c4)nn3cn2)c1. The standard InChI is InChI=1S/C20H14F2N4O/c1-23-20(27)14-4-2-3-12(7-14)18-9-15-10-19(25-26(15)11-24-18)13-5-6-16(21)17(22)8-13/h2-11H,1H3,(H,23,27). The minimum atomic E-state index is -0.922. The van der Waals surface area contributed by atoms with Crippen LogP contribution in [0.2, 0.25) is 0 Å². The van der Waals surface area contributed by atoms with E-state index in [-0.39, 0.29) is 5.91 Å². The van der Waals surface area contributed by atoms with Gasteiger partial charge in [0.15, 0.2) is 11.6 Å². The van der Waals surface area contributed by atoms with Gasteiger partial charge in [0.05, 0.1) is 16.9 Å². The molecule has 0 saturated carbocycles. The van der Waals surface area contributed by atoms with Crippen molar-refractivity contribution in [1.29, 1.82) is 0 Å². The second-order valence-electron chi connectivity index (χ2n) is 5.96. The average Bonchev–Trinajstić information content (AvgIpc) is 3.13. The summed E-state index contributed by atoms with van der Waals surface area (Å²) in [6.07, 6.45) is 1.54. The molecule has 0 saturated heterocycles. The zero-order valence-electron chi connectivity index (χ0n) is 14.3. The van der Waals surface area contributed by atoms with Crippen molar-refractivity contribution in [2.24, 2.45) is 0 Å². The maximum absolute atomic E-state index is 13.5. The molecule has 0 aliphatic carbocycles. The van der Waals surface area contributed by atoms with E-state index >= 15 is 0 Å². The van der Waals surface area contributed by atoms with Gasteiger partial charge in [0.25, 0.3) is 5.91 Å². The van der Waals surface area contributed by atoms with Gasteiger partial charge < -0.3 is 5.32 Å². The van der Waals surface area contributed by atoms with E-state index in [1.165, 1.54) is 6.07 Å². The summed E-state index contributed by atoms with van der Waals surface area (Å²) in [5.41, 5.74) is 3.71. The lowest BCUT2D eigenvalue weighted by molar-refractivity contribution is 0.0963. The number of fused-ring (bicyclic) bond motifs is 1. The van der Waals surface area contributed by atoms with Crippen molar-refractivity contribution in [3.8, 4) is 22.5 Å². The maximum atomic E-state index is 13.5. The Labute approximate surface area is 153 Å². The first kappa shape index (κ1) is 16.8. The largest absolute Gasteiger partial charge is 0.355 e. The van der Waals surface area contributed by atoms with Crippen molar-refractivity contribution in [1.82, 2.24) is 19.9 Å². The molecular weight excluding hydrogens is 350 g/mol. The van der Waals surface area contributed by atoms with Crippen LogP contribution in [-0.4, -0.2) is 27.6 Å². The Hall–Kier alpha value is -3.61. The van der Waals surface area contributed by atoms with Crippen LogP contribution < -0.4 is 5.32 Å². The average molecular weight is 364 g/mol. The van der Waals surface area contributed by atoms with E-state index in [1.54, 1.807) is 42.2 Å². The molecule has 27 heavy (non-hydrogen) atoms. The highest BCUT2D eigenvalue weighted by Crippen LogP contribution is 2.24. The van der Waals surface area contributed by atoms with Gasteiger partial charge in [0.1, 0.15) is 6.33 Å². The molecule has 2 heterocycles. The zero-order valence-corrected chi connectivity index (χ0v) is 14.3. The van der Waals surface area contributed by atoms with Gasteiger partial charge in [-0.1, -0.05) is 12.1 Å². The van der Waals surface area contributed by atoms with Crippen LogP contribution in [0.15, 0.2) is 60.9 Å². The number of rotatable bonds is 3. The Morgan fingerprint density at radius 1 is 0.963 bits per heavy atom. The Morgan fingerprint density at radius 2 is 1.74 bits per heavy atom. The molecule has 1 N–H and O–H groups in total. The monoisotopic (exact) mass is 364 g/mol. The Balaban J connectivity index is 1.75. The van der Waals surface area contributed by atoms with Gasteiger partial charge in [-0.15, -0.1) is 0 Å². The lowest BCUT2D eigenvalue weighted by atomic mass is 10.1. The van der Waals surface area contributed by atoms with Gasteiger partial charge in [-0.2, -0.15) is 5.10 Å². The van der Waals surface area contributed by atoms with Crippen LogP contribution in [0.1, 0.15) is 10.4 Å². The third kappa shape index (κ3) is 3.15. The predicted octanol–water partition coefficient (Wildman–Crippen LogP) is 3.70. The van der Waals surface area contributed by atoms with Crippen molar-refractivity contribution in [2.75, 3.05) is 7.05 Å². The molecule has 4 rings (SSSR count). The van der Waals surface area contributed by atoms with Crippen LogP contribution in [0.4, 0.5) is 8.78 Å². The molecule has 0 radical (unpaired) electrons. The van der Waals surface area contributed by atoms with E-state index < -0.39 is 11.6 Å². The molecule has 7 heteroatoms. The molecule has 134 valence electrons. The summed E-state index contributed by atoms with van der Waals surface area (Å²) in [7, 11) is 1.57. The van der Waals surface area contributed by atoms with Crippen molar-refractivity contribution >= 4 is 11.4 Å². The number of amides is 1. The first-order chi connectivity index (χ1) is 13.0. The molecule has 2 aromatic heterocycles. The number of aromatic nitrogens is 3. The highest BCUT2D eigenvalue weighted by atomic mass is 19.2. The van der Waals surface area contributed by atoms with Crippen LogP contribution in [-0.2, 0) is 0 Å². The van der Waals surface area contributed by atoms with Crippen LogP contribution in [0.5, 0.6) is 0 Å². The third-order valence-electron chi connectivity index (χ3n) is 4.22. The fourth-order valence-corrected chi connectivity index (χ4v) is 2.82.